The number of carboxylic acid groups (broad SMARTS) is 1. The molecule has 1 amide bonds. The first kappa shape index (κ1) is 16.6. The highest BCUT2D eigenvalue weighted by Gasteiger charge is 2.03. The van der Waals surface area contributed by atoms with Gasteiger partial charge in [-0.05, 0) is 30.7 Å². The molecule has 114 valence electrons. The third kappa shape index (κ3) is 5.99. The van der Waals surface area contributed by atoms with Crippen LogP contribution in [0.25, 0.3) is 6.08 Å². The summed E-state index contributed by atoms with van der Waals surface area (Å²) in [6, 6.07) is 5.28. The van der Waals surface area contributed by atoms with E-state index in [1.807, 2.05) is 0 Å². The summed E-state index contributed by atoms with van der Waals surface area (Å²) < 4.78 is 10.3. The summed E-state index contributed by atoms with van der Waals surface area (Å²) in [6.45, 7) is 0.324. The highest BCUT2D eigenvalue weighted by Crippen LogP contribution is 2.24. The van der Waals surface area contributed by atoms with E-state index in [0.717, 1.165) is 5.56 Å². The molecule has 1 aromatic carbocycles. The molecule has 2 N–H and O–H groups in total. The van der Waals surface area contributed by atoms with Gasteiger partial charge in [-0.2, -0.15) is 0 Å². The summed E-state index contributed by atoms with van der Waals surface area (Å²) in [7, 11) is 3.11. The normalized spacial score (nSPS) is 10.4. The smallest absolute Gasteiger partial charge is 0.303 e. The van der Waals surface area contributed by atoms with E-state index >= 15 is 0 Å². The molecule has 0 atom stereocenters. The zero-order chi connectivity index (χ0) is 15.7. The number of methoxy groups -OCH3 is 2. The third-order valence-corrected chi connectivity index (χ3v) is 2.72. The van der Waals surface area contributed by atoms with Crippen LogP contribution in [0.5, 0.6) is 11.5 Å². The van der Waals surface area contributed by atoms with Crippen LogP contribution in [0.15, 0.2) is 24.3 Å². The molecule has 0 saturated heterocycles. The molecule has 1 rings (SSSR count). The number of aliphatic carboxylic acids is 1. The maximum atomic E-state index is 11.6. The molecule has 6 nitrogen and oxygen atoms in total. The van der Waals surface area contributed by atoms with Crippen LogP contribution in [0.1, 0.15) is 18.4 Å². The Morgan fingerprint density at radius 1 is 1.29 bits per heavy atom. The van der Waals surface area contributed by atoms with Crippen molar-refractivity contribution in [3.63, 3.8) is 0 Å². The highest BCUT2D eigenvalue weighted by atomic mass is 16.5. The Hall–Kier alpha value is -2.50. The maximum Gasteiger partial charge on any atom is 0.303 e. The van der Waals surface area contributed by atoms with Gasteiger partial charge >= 0.3 is 5.97 Å². The van der Waals surface area contributed by atoms with Crippen LogP contribution in [-0.2, 0) is 9.59 Å². The van der Waals surface area contributed by atoms with Gasteiger partial charge in [0.2, 0.25) is 5.91 Å². The number of rotatable bonds is 8. The first-order chi connectivity index (χ1) is 10.1. The summed E-state index contributed by atoms with van der Waals surface area (Å²) in [5.41, 5.74) is 0.720. The van der Waals surface area contributed by atoms with Crippen LogP contribution in [0.3, 0.4) is 0 Å². The molecular weight excluding hydrogens is 274 g/mol. The van der Waals surface area contributed by atoms with E-state index in [4.69, 9.17) is 14.6 Å². The van der Waals surface area contributed by atoms with Crippen molar-refractivity contribution in [2.24, 2.45) is 0 Å². The van der Waals surface area contributed by atoms with Crippen LogP contribution in [0.4, 0.5) is 0 Å². The van der Waals surface area contributed by atoms with Crippen molar-refractivity contribution in [3.8, 4) is 11.5 Å². The number of carboxylic acids is 1. The van der Waals surface area contributed by atoms with Gasteiger partial charge < -0.3 is 19.9 Å². The zero-order valence-corrected chi connectivity index (χ0v) is 12.1. The molecule has 0 heterocycles. The number of carbonyl (C=O) groups is 2. The van der Waals surface area contributed by atoms with Gasteiger partial charge in [0.25, 0.3) is 0 Å². The van der Waals surface area contributed by atoms with Gasteiger partial charge in [-0.25, -0.2) is 0 Å². The third-order valence-electron chi connectivity index (χ3n) is 2.72. The summed E-state index contributed by atoms with van der Waals surface area (Å²) in [6.07, 6.45) is 3.43. The van der Waals surface area contributed by atoms with E-state index in [0.29, 0.717) is 24.5 Å². The maximum absolute atomic E-state index is 11.6. The summed E-state index contributed by atoms with van der Waals surface area (Å²) >= 11 is 0. The van der Waals surface area contributed by atoms with Gasteiger partial charge in [0.05, 0.1) is 14.2 Å². The lowest BCUT2D eigenvalue weighted by atomic mass is 10.1. The number of ether oxygens (including phenoxy) is 2. The molecule has 6 heteroatoms. The van der Waals surface area contributed by atoms with Crippen LogP contribution < -0.4 is 14.8 Å². The van der Waals surface area contributed by atoms with E-state index in [2.05, 4.69) is 5.32 Å². The number of benzene rings is 1. The van der Waals surface area contributed by atoms with Crippen LogP contribution in [-0.4, -0.2) is 37.7 Å². The summed E-state index contributed by atoms with van der Waals surface area (Å²) in [5, 5.41) is 11.1. The molecule has 1 aromatic rings. The predicted octanol–water partition coefficient (Wildman–Crippen LogP) is 1.70. The molecule has 0 unspecified atom stereocenters. The van der Waals surface area contributed by atoms with E-state index in [-0.39, 0.29) is 12.3 Å². The minimum Gasteiger partial charge on any atom is -0.497 e. The molecule has 0 aromatic heterocycles. The Kier molecular flexibility index (Phi) is 6.80. The number of nitrogens with one attached hydrogen (secondary N) is 1. The lowest BCUT2D eigenvalue weighted by molar-refractivity contribution is -0.137. The van der Waals surface area contributed by atoms with Crippen molar-refractivity contribution in [2.75, 3.05) is 20.8 Å². The second kappa shape index (κ2) is 8.63. The van der Waals surface area contributed by atoms with Gasteiger partial charge in [0.1, 0.15) is 11.5 Å². The lowest BCUT2D eigenvalue weighted by Gasteiger charge is -2.07. The Labute approximate surface area is 123 Å². The topological polar surface area (TPSA) is 84.9 Å². The molecule has 0 aliphatic heterocycles. The van der Waals surface area contributed by atoms with Gasteiger partial charge in [0, 0.05) is 24.6 Å². The Morgan fingerprint density at radius 2 is 2.05 bits per heavy atom. The number of carbonyl (C=O) groups excluding carboxylic acids is 1. The minimum absolute atomic E-state index is 0.0354. The van der Waals surface area contributed by atoms with Crippen LogP contribution >= 0.6 is 0 Å². The first-order valence-corrected chi connectivity index (χ1v) is 6.46. The fourth-order valence-electron chi connectivity index (χ4n) is 1.65. The zero-order valence-electron chi connectivity index (χ0n) is 12.1. The van der Waals surface area contributed by atoms with Crippen molar-refractivity contribution < 1.29 is 24.2 Å². The number of hydrogen-bond donors (Lipinski definition) is 2. The standard InChI is InChI=1S/C15H19NO5/c1-20-12-6-7-13(21-2)11(10-12)5-8-14(17)16-9-3-4-15(18)19/h5-8,10H,3-4,9H2,1-2H3,(H,16,17)(H,18,19)/b8-5+. The lowest BCUT2D eigenvalue weighted by Crippen LogP contribution is -2.22. The van der Waals surface area contributed by atoms with Crippen molar-refractivity contribution in [2.45, 2.75) is 12.8 Å². The van der Waals surface area contributed by atoms with E-state index in [1.54, 1.807) is 38.5 Å². The molecule has 0 spiro atoms. The number of amides is 1. The van der Waals surface area contributed by atoms with Gasteiger partial charge in [-0.1, -0.05) is 0 Å². The second-order valence-electron chi connectivity index (χ2n) is 4.23. The van der Waals surface area contributed by atoms with Gasteiger partial charge in [-0.15, -0.1) is 0 Å². The Bertz CT molecular complexity index is 525. The van der Waals surface area contributed by atoms with Crippen LogP contribution in [0, 0.1) is 0 Å². The number of hydrogen-bond acceptors (Lipinski definition) is 4. The SMILES string of the molecule is COc1ccc(OC)c(/C=C/C(=O)NCCCC(=O)O)c1. The molecule has 0 aliphatic rings. The quantitative estimate of drug-likeness (QED) is 0.563. The molecule has 0 fully saturated rings. The van der Waals surface area contributed by atoms with Crippen molar-refractivity contribution in [1.82, 2.24) is 5.32 Å². The fourth-order valence-corrected chi connectivity index (χ4v) is 1.65. The molecule has 0 saturated carbocycles. The average Bonchev–Trinajstić information content (AvgIpc) is 2.48. The Balaban J connectivity index is 2.58. The first-order valence-electron chi connectivity index (χ1n) is 6.46. The van der Waals surface area contributed by atoms with Gasteiger partial charge in [-0.3, -0.25) is 9.59 Å². The largest absolute Gasteiger partial charge is 0.497 e. The summed E-state index contributed by atoms with van der Waals surface area (Å²) in [4.78, 5) is 21.9. The molecule has 0 bridgehead atoms. The van der Waals surface area contributed by atoms with E-state index in [1.165, 1.54) is 6.08 Å². The van der Waals surface area contributed by atoms with Crippen molar-refractivity contribution in [3.05, 3.63) is 29.8 Å². The molecule has 0 aliphatic carbocycles. The molecular formula is C15H19NO5. The highest BCUT2D eigenvalue weighted by molar-refractivity contribution is 5.92. The van der Waals surface area contributed by atoms with Crippen LogP contribution in [0.2, 0.25) is 0 Å². The van der Waals surface area contributed by atoms with E-state index in [9.17, 15) is 9.59 Å². The second-order valence-corrected chi connectivity index (χ2v) is 4.23. The summed E-state index contributed by atoms with van der Waals surface area (Å²) in [5.74, 6) is 0.134. The Morgan fingerprint density at radius 3 is 2.67 bits per heavy atom. The van der Waals surface area contributed by atoms with Crippen molar-refractivity contribution in [1.29, 1.82) is 0 Å². The fraction of sp³-hybridized carbons (Fsp3) is 0.333. The predicted molar refractivity (Wildman–Crippen MR) is 78.5 cm³/mol. The minimum atomic E-state index is -0.874. The van der Waals surface area contributed by atoms with Crippen molar-refractivity contribution >= 4 is 18.0 Å². The average molecular weight is 293 g/mol. The molecule has 21 heavy (non-hydrogen) atoms. The van der Waals surface area contributed by atoms with Gasteiger partial charge in [0.15, 0.2) is 0 Å². The molecule has 0 radical (unpaired) electrons. The van der Waals surface area contributed by atoms with E-state index < -0.39 is 5.97 Å². The monoisotopic (exact) mass is 293 g/mol.